The molecule has 28 heavy (non-hydrogen) atoms. The summed E-state index contributed by atoms with van der Waals surface area (Å²) in [7, 11) is 0. The Labute approximate surface area is 166 Å². The summed E-state index contributed by atoms with van der Waals surface area (Å²) in [6, 6.07) is 6.03. The van der Waals surface area contributed by atoms with Crippen molar-refractivity contribution in [1.82, 2.24) is 30.7 Å². The van der Waals surface area contributed by atoms with Crippen molar-refractivity contribution >= 4 is 5.91 Å². The average molecular weight is 380 g/mol. The number of hydrogen-bond acceptors (Lipinski definition) is 6. The molecule has 2 N–H and O–H groups in total. The molecule has 2 atom stereocenters. The Morgan fingerprint density at radius 3 is 2.86 bits per heavy atom. The van der Waals surface area contributed by atoms with E-state index in [9.17, 15) is 4.79 Å². The quantitative estimate of drug-likeness (QED) is 0.825. The average Bonchev–Trinajstić information content (AvgIpc) is 3.24. The minimum atomic E-state index is 0.0839. The van der Waals surface area contributed by atoms with Crippen LogP contribution in [-0.4, -0.2) is 51.4 Å². The number of aromatic nitrogens is 3. The van der Waals surface area contributed by atoms with E-state index in [1.165, 1.54) is 0 Å². The van der Waals surface area contributed by atoms with Crippen LogP contribution in [0.4, 0.5) is 0 Å². The summed E-state index contributed by atoms with van der Waals surface area (Å²) in [5.74, 6) is 1.87. The number of aryl methyl sites for hydroxylation is 1. The molecule has 7 heteroatoms. The summed E-state index contributed by atoms with van der Waals surface area (Å²) in [5.41, 5.74) is 8.60. The molecule has 0 aliphatic carbocycles. The van der Waals surface area contributed by atoms with Crippen LogP contribution in [0.2, 0.25) is 0 Å². The standard InChI is InChI=1S/C21H28N6O/c1-2-4-19-23-10-6-18(25-19)17-14-24-26-20(17)15-7-11-27(12-8-15)21(28)16-5-3-9-22-13-16/h3,5-6,9-10,13,15,17,20,24,26H,2,4,7-8,11-12,14H2,1H3. The van der Waals surface area contributed by atoms with Gasteiger partial charge in [0.15, 0.2) is 0 Å². The lowest BCUT2D eigenvalue weighted by Crippen LogP contribution is -2.45. The number of amides is 1. The summed E-state index contributed by atoms with van der Waals surface area (Å²) >= 11 is 0. The van der Waals surface area contributed by atoms with Crippen LogP contribution in [0, 0.1) is 5.92 Å². The molecule has 2 fully saturated rings. The maximum atomic E-state index is 12.7. The van der Waals surface area contributed by atoms with Crippen molar-refractivity contribution in [2.24, 2.45) is 5.92 Å². The number of rotatable bonds is 5. The fraction of sp³-hybridized carbons (Fsp3) is 0.524. The zero-order valence-electron chi connectivity index (χ0n) is 16.3. The molecular weight excluding hydrogens is 352 g/mol. The highest BCUT2D eigenvalue weighted by Gasteiger charge is 2.37. The van der Waals surface area contributed by atoms with Crippen molar-refractivity contribution in [2.45, 2.75) is 44.6 Å². The molecule has 0 spiro atoms. The number of pyridine rings is 1. The smallest absolute Gasteiger partial charge is 0.255 e. The van der Waals surface area contributed by atoms with Crippen molar-refractivity contribution in [3.63, 3.8) is 0 Å². The number of hydrogen-bond donors (Lipinski definition) is 2. The highest BCUT2D eigenvalue weighted by molar-refractivity contribution is 5.93. The third-order valence-electron chi connectivity index (χ3n) is 5.85. The van der Waals surface area contributed by atoms with Crippen LogP contribution in [0.1, 0.15) is 54.0 Å². The molecule has 148 valence electrons. The van der Waals surface area contributed by atoms with Gasteiger partial charge in [0.1, 0.15) is 5.82 Å². The van der Waals surface area contributed by atoms with Crippen LogP contribution in [0.3, 0.4) is 0 Å². The first kappa shape index (κ1) is 19.0. The lowest BCUT2D eigenvalue weighted by molar-refractivity contribution is 0.0669. The van der Waals surface area contributed by atoms with Gasteiger partial charge in [-0.25, -0.2) is 9.97 Å². The van der Waals surface area contributed by atoms with Crippen molar-refractivity contribution < 1.29 is 4.79 Å². The third-order valence-corrected chi connectivity index (χ3v) is 5.85. The Morgan fingerprint density at radius 1 is 1.25 bits per heavy atom. The molecule has 2 unspecified atom stereocenters. The summed E-state index contributed by atoms with van der Waals surface area (Å²) in [6.45, 7) is 4.60. The predicted molar refractivity (Wildman–Crippen MR) is 107 cm³/mol. The van der Waals surface area contributed by atoms with E-state index in [2.05, 4.69) is 27.7 Å². The second-order valence-corrected chi connectivity index (χ2v) is 7.68. The van der Waals surface area contributed by atoms with E-state index >= 15 is 0 Å². The predicted octanol–water partition coefficient (Wildman–Crippen LogP) is 1.94. The van der Waals surface area contributed by atoms with Crippen LogP contribution in [0.25, 0.3) is 0 Å². The van der Waals surface area contributed by atoms with Crippen LogP contribution in [0.15, 0.2) is 36.8 Å². The van der Waals surface area contributed by atoms with Crippen molar-refractivity contribution in [3.8, 4) is 0 Å². The maximum Gasteiger partial charge on any atom is 0.255 e. The molecule has 0 saturated carbocycles. The first-order chi connectivity index (χ1) is 13.8. The highest BCUT2D eigenvalue weighted by atomic mass is 16.2. The number of nitrogens with one attached hydrogen (secondary N) is 2. The molecule has 4 heterocycles. The summed E-state index contributed by atoms with van der Waals surface area (Å²) in [6.07, 6.45) is 9.19. The van der Waals surface area contributed by atoms with Gasteiger partial charge in [0.05, 0.1) is 11.3 Å². The number of likely N-dealkylation sites (tertiary alicyclic amines) is 1. The Bertz CT molecular complexity index is 790. The number of hydrazine groups is 1. The first-order valence-corrected chi connectivity index (χ1v) is 10.3. The van der Waals surface area contributed by atoms with Crippen molar-refractivity contribution in [2.75, 3.05) is 19.6 Å². The van der Waals surface area contributed by atoms with Crippen LogP contribution in [0.5, 0.6) is 0 Å². The Morgan fingerprint density at radius 2 is 2.11 bits per heavy atom. The second kappa shape index (κ2) is 8.75. The van der Waals surface area contributed by atoms with Gasteiger partial charge in [-0.05, 0) is 43.4 Å². The Kier molecular flexibility index (Phi) is 5.92. The largest absolute Gasteiger partial charge is 0.339 e. The van der Waals surface area contributed by atoms with Gasteiger partial charge in [-0.3, -0.25) is 20.6 Å². The van der Waals surface area contributed by atoms with E-state index < -0.39 is 0 Å². The summed E-state index contributed by atoms with van der Waals surface area (Å²) in [4.78, 5) is 27.9. The van der Waals surface area contributed by atoms with Crippen LogP contribution in [-0.2, 0) is 6.42 Å². The monoisotopic (exact) mass is 380 g/mol. The SMILES string of the molecule is CCCc1nccc(C2CNNC2C2CCN(C(=O)c3cccnc3)CC2)n1. The summed E-state index contributed by atoms with van der Waals surface area (Å²) in [5, 5.41) is 0. The minimum Gasteiger partial charge on any atom is -0.339 e. The van der Waals surface area contributed by atoms with E-state index in [1.807, 2.05) is 29.3 Å². The van der Waals surface area contributed by atoms with Gasteiger partial charge in [-0.2, -0.15) is 0 Å². The van der Waals surface area contributed by atoms with Crippen molar-refractivity contribution in [3.05, 3.63) is 53.9 Å². The number of carbonyl (C=O) groups excluding carboxylic acids is 1. The first-order valence-electron chi connectivity index (χ1n) is 10.3. The molecule has 0 aromatic carbocycles. The fourth-order valence-electron chi connectivity index (χ4n) is 4.35. The molecule has 4 rings (SSSR count). The molecule has 2 aliphatic heterocycles. The van der Waals surface area contributed by atoms with Crippen LogP contribution >= 0.6 is 0 Å². The highest BCUT2D eigenvalue weighted by Crippen LogP contribution is 2.32. The van der Waals surface area contributed by atoms with Gasteiger partial charge in [0.25, 0.3) is 5.91 Å². The molecule has 7 nitrogen and oxygen atoms in total. The number of piperidine rings is 1. The molecule has 2 aromatic heterocycles. The molecule has 1 amide bonds. The topological polar surface area (TPSA) is 83.0 Å². The molecule has 2 aromatic rings. The van der Waals surface area contributed by atoms with Gasteiger partial charge in [-0.15, -0.1) is 0 Å². The molecule has 0 bridgehead atoms. The molecule has 2 aliphatic rings. The van der Waals surface area contributed by atoms with E-state index in [0.717, 1.165) is 56.8 Å². The Hall–Kier alpha value is -2.38. The van der Waals surface area contributed by atoms with E-state index in [0.29, 0.717) is 23.4 Å². The van der Waals surface area contributed by atoms with Gasteiger partial charge >= 0.3 is 0 Å². The number of carbonyl (C=O) groups is 1. The van der Waals surface area contributed by atoms with Crippen molar-refractivity contribution in [1.29, 1.82) is 0 Å². The maximum absolute atomic E-state index is 12.7. The van der Waals surface area contributed by atoms with Gasteiger partial charge in [0.2, 0.25) is 0 Å². The van der Waals surface area contributed by atoms with E-state index in [1.54, 1.807) is 12.4 Å². The van der Waals surface area contributed by atoms with E-state index in [-0.39, 0.29) is 5.91 Å². The van der Waals surface area contributed by atoms with E-state index in [4.69, 9.17) is 4.98 Å². The fourth-order valence-corrected chi connectivity index (χ4v) is 4.35. The van der Waals surface area contributed by atoms with Gasteiger partial charge in [-0.1, -0.05) is 6.92 Å². The van der Waals surface area contributed by atoms with Gasteiger partial charge in [0, 0.05) is 56.6 Å². The normalized spacial score (nSPS) is 23.1. The molecule has 0 radical (unpaired) electrons. The number of nitrogens with zero attached hydrogens (tertiary/aromatic N) is 4. The lowest BCUT2D eigenvalue weighted by atomic mass is 9.82. The van der Waals surface area contributed by atoms with Crippen LogP contribution < -0.4 is 10.9 Å². The zero-order valence-corrected chi connectivity index (χ0v) is 16.3. The molecular formula is C21H28N6O. The molecule has 2 saturated heterocycles. The van der Waals surface area contributed by atoms with Gasteiger partial charge < -0.3 is 4.90 Å². The second-order valence-electron chi connectivity index (χ2n) is 7.68. The zero-order chi connectivity index (χ0) is 19.3. The summed E-state index contributed by atoms with van der Waals surface area (Å²) < 4.78 is 0. The third kappa shape index (κ3) is 4.05. The lowest BCUT2D eigenvalue weighted by Gasteiger charge is -2.36. The minimum absolute atomic E-state index is 0.0839. The Balaban J connectivity index is 1.40.